The van der Waals surface area contributed by atoms with E-state index < -0.39 is 0 Å². The summed E-state index contributed by atoms with van der Waals surface area (Å²) in [4.78, 5) is 13.1. The van der Waals surface area contributed by atoms with Gasteiger partial charge in [-0.05, 0) is 30.5 Å². The first kappa shape index (κ1) is 19.8. The van der Waals surface area contributed by atoms with Crippen LogP contribution in [0.15, 0.2) is 46.9 Å². The summed E-state index contributed by atoms with van der Waals surface area (Å²) in [6, 6.07) is 10.7. The van der Waals surface area contributed by atoms with Gasteiger partial charge in [-0.2, -0.15) is 0 Å². The molecule has 0 radical (unpaired) electrons. The van der Waals surface area contributed by atoms with Crippen LogP contribution in [0.25, 0.3) is 0 Å². The van der Waals surface area contributed by atoms with Crippen molar-refractivity contribution in [2.45, 2.75) is 19.4 Å². The highest BCUT2D eigenvalue weighted by molar-refractivity contribution is 7.10. The van der Waals surface area contributed by atoms with E-state index in [9.17, 15) is 0 Å². The molecule has 1 aliphatic heterocycles. The maximum atomic E-state index is 5.52. The summed E-state index contributed by atoms with van der Waals surface area (Å²) >= 11 is 1.80. The number of rotatable bonds is 8. The first-order chi connectivity index (χ1) is 13.4. The molecule has 0 spiro atoms. The predicted molar refractivity (Wildman–Crippen MR) is 111 cm³/mol. The molecule has 146 valence electrons. The van der Waals surface area contributed by atoms with Gasteiger partial charge in [0.15, 0.2) is 5.96 Å². The van der Waals surface area contributed by atoms with Crippen LogP contribution < -0.4 is 10.6 Å². The number of morpholine rings is 1. The molecule has 1 unspecified atom stereocenters. The molecule has 7 heteroatoms. The zero-order chi connectivity index (χ0) is 18.7. The summed E-state index contributed by atoms with van der Waals surface area (Å²) < 4.78 is 5.52. The average Bonchev–Trinajstić information content (AvgIpc) is 3.24. The Labute approximate surface area is 165 Å². The molecule has 6 nitrogen and oxygen atoms in total. The number of hydrogen-bond donors (Lipinski definition) is 2. The Balaban J connectivity index is 1.60. The molecular weight excluding hydrogens is 358 g/mol. The van der Waals surface area contributed by atoms with Gasteiger partial charge in [0.2, 0.25) is 0 Å². The highest BCUT2D eigenvalue weighted by Gasteiger charge is 2.23. The van der Waals surface area contributed by atoms with Gasteiger partial charge in [-0.25, -0.2) is 0 Å². The molecule has 27 heavy (non-hydrogen) atoms. The van der Waals surface area contributed by atoms with Crippen LogP contribution >= 0.6 is 11.3 Å². The van der Waals surface area contributed by atoms with Crippen molar-refractivity contribution in [3.05, 3.63) is 52.5 Å². The fourth-order valence-electron chi connectivity index (χ4n) is 3.13. The molecule has 0 aliphatic carbocycles. The van der Waals surface area contributed by atoms with Gasteiger partial charge in [0.25, 0.3) is 0 Å². The zero-order valence-electron chi connectivity index (χ0n) is 15.9. The van der Waals surface area contributed by atoms with Crippen molar-refractivity contribution in [2.75, 3.05) is 45.9 Å². The van der Waals surface area contributed by atoms with E-state index >= 15 is 0 Å². The van der Waals surface area contributed by atoms with Gasteiger partial charge < -0.3 is 15.4 Å². The minimum atomic E-state index is 0.306. The minimum Gasteiger partial charge on any atom is -0.379 e. The summed E-state index contributed by atoms with van der Waals surface area (Å²) in [7, 11) is 0. The van der Waals surface area contributed by atoms with Crippen LogP contribution in [0.1, 0.15) is 23.5 Å². The molecule has 1 saturated heterocycles. The van der Waals surface area contributed by atoms with Crippen LogP contribution in [0.3, 0.4) is 0 Å². The molecule has 2 N–H and O–H groups in total. The number of guanidine groups is 1. The number of nitrogens with zero attached hydrogens (tertiary/aromatic N) is 3. The van der Waals surface area contributed by atoms with Crippen LogP contribution in [0.2, 0.25) is 0 Å². The third-order valence-corrected chi connectivity index (χ3v) is 5.50. The summed E-state index contributed by atoms with van der Waals surface area (Å²) in [5, 5.41) is 8.92. The highest BCUT2D eigenvalue weighted by Crippen LogP contribution is 2.26. The maximum absolute atomic E-state index is 5.52. The molecule has 2 aromatic heterocycles. The van der Waals surface area contributed by atoms with Crippen molar-refractivity contribution < 1.29 is 4.74 Å². The van der Waals surface area contributed by atoms with E-state index in [0.29, 0.717) is 6.04 Å². The van der Waals surface area contributed by atoms with E-state index in [0.717, 1.165) is 64.0 Å². The van der Waals surface area contributed by atoms with Crippen LogP contribution in [-0.4, -0.2) is 61.8 Å². The molecule has 0 saturated carbocycles. The van der Waals surface area contributed by atoms with Gasteiger partial charge in [0.05, 0.1) is 25.8 Å². The largest absolute Gasteiger partial charge is 0.379 e. The van der Waals surface area contributed by atoms with Gasteiger partial charge in [-0.15, -0.1) is 11.3 Å². The molecule has 2 aromatic rings. The fraction of sp³-hybridized carbons (Fsp3) is 0.500. The van der Waals surface area contributed by atoms with Crippen LogP contribution in [0.4, 0.5) is 0 Å². The van der Waals surface area contributed by atoms with E-state index in [4.69, 9.17) is 9.73 Å². The minimum absolute atomic E-state index is 0.306. The van der Waals surface area contributed by atoms with Crippen molar-refractivity contribution >= 4 is 17.3 Å². The summed E-state index contributed by atoms with van der Waals surface area (Å²) in [5.41, 5.74) is 1.09. The molecule has 1 aliphatic rings. The summed E-state index contributed by atoms with van der Waals surface area (Å²) in [6.45, 7) is 8.00. The van der Waals surface area contributed by atoms with Crippen molar-refractivity contribution in [1.29, 1.82) is 0 Å². The third-order valence-electron chi connectivity index (χ3n) is 4.52. The van der Waals surface area contributed by atoms with Crippen molar-refractivity contribution in [2.24, 2.45) is 4.99 Å². The Morgan fingerprint density at radius 1 is 1.26 bits per heavy atom. The van der Waals surface area contributed by atoms with E-state index in [2.05, 4.69) is 51.0 Å². The molecule has 0 aromatic carbocycles. The van der Waals surface area contributed by atoms with Gasteiger partial charge in [0, 0.05) is 49.4 Å². The third kappa shape index (κ3) is 6.30. The van der Waals surface area contributed by atoms with E-state index in [1.165, 1.54) is 4.88 Å². The second-order valence-corrected chi connectivity index (χ2v) is 7.38. The second kappa shape index (κ2) is 11.0. The number of ether oxygens (including phenoxy) is 1. The van der Waals surface area contributed by atoms with Gasteiger partial charge in [-0.3, -0.25) is 14.9 Å². The van der Waals surface area contributed by atoms with Crippen molar-refractivity contribution in [3.63, 3.8) is 0 Å². The normalized spacial score (nSPS) is 16.9. The van der Waals surface area contributed by atoms with Crippen LogP contribution in [0, 0.1) is 0 Å². The van der Waals surface area contributed by atoms with Gasteiger partial charge in [-0.1, -0.05) is 12.1 Å². The second-order valence-electron chi connectivity index (χ2n) is 6.40. The number of nitrogens with one attached hydrogen (secondary N) is 2. The Morgan fingerprint density at radius 3 is 2.85 bits per heavy atom. The monoisotopic (exact) mass is 387 g/mol. The molecular formula is C20H29N5OS. The standard InChI is InChI=1S/C20H29N5OS/c1-2-21-20(23-10-8-17-6-3-4-9-22-17)24-16-18(19-7-5-15-27-19)25-11-13-26-14-12-25/h3-7,9,15,18H,2,8,10-14,16H2,1H3,(H2,21,23,24). The van der Waals surface area contributed by atoms with E-state index in [-0.39, 0.29) is 0 Å². The van der Waals surface area contributed by atoms with Crippen molar-refractivity contribution in [3.8, 4) is 0 Å². The SMILES string of the molecule is CCNC(=NCC(c1cccs1)N1CCOCC1)NCCc1ccccn1. The molecule has 0 bridgehead atoms. The lowest BCUT2D eigenvalue weighted by atomic mass is 10.2. The Hall–Kier alpha value is -1.96. The number of aliphatic imine (C=N–C) groups is 1. The Bertz CT molecular complexity index is 671. The molecule has 1 fully saturated rings. The van der Waals surface area contributed by atoms with Gasteiger partial charge >= 0.3 is 0 Å². The van der Waals surface area contributed by atoms with Gasteiger partial charge in [0.1, 0.15) is 0 Å². The first-order valence-electron chi connectivity index (χ1n) is 9.64. The topological polar surface area (TPSA) is 61.8 Å². The number of hydrogen-bond acceptors (Lipinski definition) is 5. The van der Waals surface area contributed by atoms with Crippen molar-refractivity contribution in [1.82, 2.24) is 20.5 Å². The molecule has 3 heterocycles. The summed E-state index contributed by atoms with van der Waals surface area (Å²) in [5.74, 6) is 0.864. The quantitative estimate of drug-likeness (QED) is 0.538. The fourth-order valence-corrected chi connectivity index (χ4v) is 3.98. The Morgan fingerprint density at radius 2 is 2.15 bits per heavy atom. The predicted octanol–water partition coefficient (Wildman–Crippen LogP) is 2.31. The molecule has 1 atom stereocenters. The van der Waals surface area contributed by atoms with E-state index in [1.807, 2.05) is 18.3 Å². The zero-order valence-corrected chi connectivity index (χ0v) is 16.8. The molecule has 3 rings (SSSR count). The Kier molecular flexibility index (Phi) is 8.07. The van der Waals surface area contributed by atoms with Crippen LogP contribution in [0.5, 0.6) is 0 Å². The average molecular weight is 388 g/mol. The number of pyridine rings is 1. The number of thiophene rings is 1. The summed E-state index contributed by atoms with van der Waals surface area (Å²) in [6.07, 6.45) is 2.71. The lowest BCUT2D eigenvalue weighted by Gasteiger charge is -2.33. The van der Waals surface area contributed by atoms with Crippen LogP contribution in [-0.2, 0) is 11.2 Å². The highest BCUT2D eigenvalue weighted by atomic mass is 32.1. The molecule has 0 amide bonds. The lowest BCUT2D eigenvalue weighted by molar-refractivity contribution is 0.0186. The number of aromatic nitrogens is 1. The smallest absolute Gasteiger partial charge is 0.191 e. The first-order valence-corrected chi connectivity index (χ1v) is 10.5. The maximum Gasteiger partial charge on any atom is 0.191 e. The van der Waals surface area contributed by atoms with E-state index in [1.54, 1.807) is 11.3 Å². The lowest BCUT2D eigenvalue weighted by Crippen LogP contribution is -2.42.